The molecule has 1 heterocycles. The van der Waals surface area contributed by atoms with E-state index >= 15 is 0 Å². The highest BCUT2D eigenvalue weighted by molar-refractivity contribution is 5.97. The minimum Gasteiger partial charge on any atom is -0.497 e. The van der Waals surface area contributed by atoms with Gasteiger partial charge in [0.05, 0.1) is 31.8 Å². The van der Waals surface area contributed by atoms with Gasteiger partial charge in [-0.25, -0.2) is 9.59 Å². The summed E-state index contributed by atoms with van der Waals surface area (Å²) in [4.78, 5) is 37.5. The maximum absolute atomic E-state index is 13.3. The molecule has 0 saturated carbocycles. The van der Waals surface area contributed by atoms with Crippen molar-refractivity contribution in [3.8, 4) is 22.6 Å². The molecule has 0 N–H and O–H groups in total. The first-order valence-electron chi connectivity index (χ1n) is 9.56. The lowest BCUT2D eigenvalue weighted by molar-refractivity contribution is -0.147. The smallest absolute Gasteiger partial charge is 0.375 e. The molecule has 31 heavy (non-hydrogen) atoms. The van der Waals surface area contributed by atoms with Gasteiger partial charge < -0.3 is 23.4 Å². The van der Waals surface area contributed by atoms with Gasteiger partial charge in [0.15, 0.2) is 6.10 Å². The second-order valence-electron chi connectivity index (χ2n) is 6.53. The molecule has 162 valence electrons. The van der Waals surface area contributed by atoms with E-state index in [1.54, 1.807) is 37.3 Å². The van der Waals surface area contributed by atoms with Crippen LogP contribution in [0.4, 0.5) is 0 Å². The summed E-state index contributed by atoms with van der Waals surface area (Å²) in [5.41, 5.74) is 0.297. The zero-order chi connectivity index (χ0) is 22.5. The van der Waals surface area contributed by atoms with E-state index in [2.05, 4.69) is 4.74 Å². The standard InChI is InChI=1S/C23H22O8/c1-5-29-23(26)21-19(14-6-8-15(27-3)9-7-14)20(24)17-11-10-16(12-18(17)31-21)30-13(2)22(25)28-4/h6-13H,5H2,1-4H3. The number of ether oxygens (including phenoxy) is 4. The number of carbonyl (C=O) groups is 2. The molecular weight excluding hydrogens is 404 g/mol. The Morgan fingerprint density at radius 1 is 1.03 bits per heavy atom. The fourth-order valence-corrected chi connectivity index (χ4v) is 3.03. The fourth-order valence-electron chi connectivity index (χ4n) is 3.03. The molecule has 3 aromatic rings. The Morgan fingerprint density at radius 3 is 2.32 bits per heavy atom. The predicted octanol–water partition coefficient (Wildman–Crippen LogP) is 3.59. The molecule has 0 aliphatic rings. The van der Waals surface area contributed by atoms with Crippen LogP contribution in [-0.4, -0.2) is 38.9 Å². The molecule has 0 amide bonds. The highest BCUT2D eigenvalue weighted by atomic mass is 16.6. The van der Waals surface area contributed by atoms with E-state index in [1.165, 1.54) is 33.3 Å². The van der Waals surface area contributed by atoms with Gasteiger partial charge in [0.2, 0.25) is 11.2 Å². The van der Waals surface area contributed by atoms with E-state index in [9.17, 15) is 14.4 Å². The number of esters is 2. The number of methoxy groups -OCH3 is 2. The van der Waals surface area contributed by atoms with Gasteiger partial charge in [-0.3, -0.25) is 4.79 Å². The average Bonchev–Trinajstić information content (AvgIpc) is 2.78. The van der Waals surface area contributed by atoms with Gasteiger partial charge in [-0.2, -0.15) is 0 Å². The van der Waals surface area contributed by atoms with E-state index in [4.69, 9.17) is 18.6 Å². The molecule has 0 saturated heterocycles. The van der Waals surface area contributed by atoms with Crippen molar-refractivity contribution in [1.29, 1.82) is 0 Å². The summed E-state index contributed by atoms with van der Waals surface area (Å²) >= 11 is 0. The van der Waals surface area contributed by atoms with Crippen molar-refractivity contribution in [3.63, 3.8) is 0 Å². The Kier molecular flexibility index (Phi) is 6.59. The third kappa shape index (κ3) is 4.53. The lowest BCUT2D eigenvalue weighted by Crippen LogP contribution is -2.24. The van der Waals surface area contributed by atoms with Gasteiger partial charge >= 0.3 is 11.9 Å². The minimum atomic E-state index is -0.864. The molecule has 0 aliphatic carbocycles. The molecule has 8 heteroatoms. The van der Waals surface area contributed by atoms with E-state index in [0.717, 1.165) is 0 Å². The monoisotopic (exact) mass is 426 g/mol. The molecule has 3 rings (SSSR count). The van der Waals surface area contributed by atoms with E-state index < -0.39 is 23.5 Å². The molecule has 0 fully saturated rings. The first kappa shape index (κ1) is 21.9. The van der Waals surface area contributed by atoms with E-state index in [0.29, 0.717) is 11.3 Å². The Morgan fingerprint density at radius 2 is 1.71 bits per heavy atom. The number of hydrogen-bond acceptors (Lipinski definition) is 8. The largest absolute Gasteiger partial charge is 0.497 e. The van der Waals surface area contributed by atoms with Crippen LogP contribution >= 0.6 is 0 Å². The van der Waals surface area contributed by atoms with Crippen molar-refractivity contribution >= 4 is 22.9 Å². The van der Waals surface area contributed by atoms with Crippen LogP contribution in [0.15, 0.2) is 51.7 Å². The number of hydrogen-bond donors (Lipinski definition) is 0. The van der Waals surface area contributed by atoms with Crippen LogP contribution in [0.2, 0.25) is 0 Å². The summed E-state index contributed by atoms with van der Waals surface area (Å²) in [6.07, 6.45) is -0.864. The van der Waals surface area contributed by atoms with Gasteiger partial charge in [-0.1, -0.05) is 12.1 Å². The molecule has 0 radical (unpaired) electrons. The Bertz CT molecular complexity index is 1160. The van der Waals surface area contributed by atoms with Crippen molar-refractivity contribution in [2.24, 2.45) is 0 Å². The average molecular weight is 426 g/mol. The fraction of sp³-hybridized carbons (Fsp3) is 0.261. The molecule has 0 aliphatic heterocycles. The van der Waals surface area contributed by atoms with Gasteiger partial charge in [0.1, 0.15) is 17.1 Å². The van der Waals surface area contributed by atoms with Crippen LogP contribution in [-0.2, 0) is 14.3 Å². The predicted molar refractivity (Wildman–Crippen MR) is 113 cm³/mol. The number of carbonyl (C=O) groups excluding carboxylic acids is 2. The molecule has 0 spiro atoms. The first-order chi connectivity index (χ1) is 14.9. The van der Waals surface area contributed by atoms with E-state index in [1.807, 2.05) is 0 Å². The van der Waals surface area contributed by atoms with Crippen LogP contribution in [0.3, 0.4) is 0 Å². The number of fused-ring (bicyclic) bond motifs is 1. The quantitative estimate of drug-likeness (QED) is 0.529. The molecule has 2 aromatic carbocycles. The number of benzene rings is 2. The van der Waals surface area contributed by atoms with Gasteiger partial charge in [-0.05, 0) is 43.7 Å². The normalized spacial score (nSPS) is 11.6. The number of rotatable bonds is 7. The van der Waals surface area contributed by atoms with Gasteiger partial charge in [0.25, 0.3) is 0 Å². The maximum Gasteiger partial charge on any atom is 0.375 e. The highest BCUT2D eigenvalue weighted by Crippen LogP contribution is 2.29. The Balaban J connectivity index is 2.16. The lowest BCUT2D eigenvalue weighted by atomic mass is 10.0. The molecule has 1 unspecified atom stereocenters. The van der Waals surface area contributed by atoms with Crippen molar-refractivity contribution in [2.45, 2.75) is 20.0 Å². The summed E-state index contributed by atoms with van der Waals surface area (Å²) in [5.74, 6) is -0.651. The molecule has 1 atom stereocenters. The van der Waals surface area contributed by atoms with Crippen LogP contribution in [0.1, 0.15) is 24.4 Å². The Labute approximate surface area is 178 Å². The summed E-state index contributed by atoms with van der Waals surface area (Å²) in [5, 5.41) is 0.247. The second kappa shape index (κ2) is 9.34. The molecule has 1 aromatic heterocycles. The summed E-state index contributed by atoms with van der Waals surface area (Å²) in [6, 6.07) is 11.2. The van der Waals surface area contributed by atoms with Crippen molar-refractivity contribution in [1.82, 2.24) is 0 Å². The third-order valence-electron chi connectivity index (χ3n) is 4.55. The molecule has 0 bridgehead atoms. The zero-order valence-electron chi connectivity index (χ0n) is 17.6. The summed E-state index contributed by atoms with van der Waals surface area (Å²) < 4.78 is 26.2. The third-order valence-corrected chi connectivity index (χ3v) is 4.55. The topological polar surface area (TPSA) is 101 Å². The van der Waals surface area contributed by atoms with Crippen LogP contribution in [0, 0.1) is 0 Å². The van der Waals surface area contributed by atoms with Crippen molar-refractivity contribution < 1.29 is 33.0 Å². The lowest BCUT2D eigenvalue weighted by Gasteiger charge is -2.14. The highest BCUT2D eigenvalue weighted by Gasteiger charge is 2.24. The Hall–Kier alpha value is -3.81. The van der Waals surface area contributed by atoms with Crippen LogP contribution in [0.25, 0.3) is 22.1 Å². The van der Waals surface area contributed by atoms with Crippen molar-refractivity contribution in [3.05, 3.63) is 58.4 Å². The summed E-state index contributed by atoms with van der Waals surface area (Å²) in [7, 11) is 2.79. The molecular formula is C23H22O8. The first-order valence-corrected chi connectivity index (χ1v) is 9.56. The van der Waals surface area contributed by atoms with Crippen LogP contribution in [0.5, 0.6) is 11.5 Å². The maximum atomic E-state index is 13.3. The SMILES string of the molecule is CCOC(=O)c1oc2cc(OC(C)C(=O)OC)ccc2c(=O)c1-c1ccc(OC)cc1. The van der Waals surface area contributed by atoms with E-state index in [-0.39, 0.29) is 34.6 Å². The molecule has 8 nitrogen and oxygen atoms in total. The zero-order valence-corrected chi connectivity index (χ0v) is 17.6. The van der Waals surface area contributed by atoms with Gasteiger partial charge in [0, 0.05) is 6.07 Å². The summed E-state index contributed by atoms with van der Waals surface area (Å²) in [6.45, 7) is 3.30. The van der Waals surface area contributed by atoms with Crippen molar-refractivity contribution in [2.75, 3.05) is 20.8 Å². The van der Waals surface area contributed by atoms with Crippen LogP contribution < -0.4 is 14.9 Å². The minimum absolute atomic E-state index is 0.0881. The second-order valence-corrected chi connectivity index (χ2v) is 6.53. The van der Waals surface area contributed by atoms with Gasteiger partial charge in [-0.15, -0.1) is 0 Å².